The largest absolute Gasteiger partial charge is 0.463 e. The highest BCUT2D eigenvalue weighted by atomic mass is 32.2. The molecule has 3 rings (SSSR count). The predicted octanol–water partition coefficient (Wildman–Crippen LogP) is 1.79. The topological polar surface area (TPSA) is 162 Å². The molecule has 1 aromatic carbocycles. The van der Waals surface area contributed by atoms with Crippen molar-refractivity contribution < 1.29 is 42.9 Å². The molecule has 0 radical (unpaired) electrons. The van der Waals surface area contributed by atoms with Crippen LogP contribution in [0.5, 0.6) is 0 Å². The Morgan fingerprint density at radius 3 is 2.05 bits per heavy atom. The van der Waals surface area contributed by atoms with Crippen molar-refractivity contribution in [2.24, 2.45) is 0 Å². The zero-order chi connectivity index (χ0) is 29.4. The summed E-state index contributed by atoms with van der Waals surface area (Å²) in [5.41, 5.74) is 0.0819. The minimum atomic E-state index is -1.47. The van der Waals surface area contributed by atoms with Crippen LogP contribution in [0.4, 0.5) is 0 Å². The van der Waals surface area contributed by atoms with Gasteiger partial charge in [-0.05, 0) is 17.9 Å². The molecule has 0 bridgehead atoms. The maximum atomic E-state index is 13.8. The van der Waals surface area contributed by atoms with Crippen LogP contribution < -0.4 is 5.56 Å². The fourth-order valence-electron chi connectivity index (χ4n) is 4.02. The first kappa shape index (κ1) is 30.5. The third kappa shape index (κ3) is 7.76. The van der Waals surface area contributed by atoms with Crippen LogP contribution in [0.2, 0.25) is 0 Å². The quantitative estimate of drug-likeness (QED) is 0.242. The molecule has 1 aliphatic rings. The molecular formula is C26H29N3O10S. The number of esters is 4. The molecule has 5 atom stereocenters. The molecule has 0 unspecified atom stereocenters. The van der Waals surface area contributed by atoms with Gasteiger partial charge >= 0.3 is 23.9 Å². The van der Waals surface area contributed by atoms with E-state index in [1.165, 1.54) is 13.0 Å². The Labute approximate surface area is 233 Å². The van der Waals surface area contributed by atoms with Gasteiger partial charge in [-0.1, -0.05) is 48.2 Å². The van der Waals surface area contributed by atoms with Gasteiger partial charge in [-0.25, -0.2) is 0 Å². The Morgan fingerprint density at radius 2 is 1.48 bits per heavy atom. The van der Waals surface area contributed by atoms with Crippen LogP contribution in [0.15, 0.2) is 40.3 Å². The summed E-state index contributed by atoms with van der Waals surface area (Å²) in [6, 6.07) is 9.17. The van der Waals surface area contributed by atoms with Gasteiger partial charge in [0.2, 0.25) is 0 Å². The molecule has 0 saturated carbocycles. The number of carbonyl (C=O) groups excluding carboxylic acids is 4. The summed E-state index contributed by atoms with van der Waals surface area (Å²) < 4.78 is 28.7. The Bertz CT molecular complexity index is 1330. The molecular weight excluding hydrogens is 546 g/mol. The van der Waals surface area contributed by atoms with Gasteiger partial charge in [-0.15, -0.1) is 10.2 Å². The second-order valence-corrected chi connectivity index (χ2v) is 9.35. The number of benzene rings is 1. The van der Waals surface area contributed by atoms with E-state index in [9.17, 15) is 24.0 Å². The molecule has 1 aliphatic heterocycles. The van der Waals surface area contributed by atoms with E-state index >= 15 is 0 Å². The molecule has 214 valence electrons. The van der Waals surface area contributed by atoms with Gasteiger partial charge in [-0.2, -0.15) is 0 Å². The van der Waals surface area contributed by atoms with E-state index < -0.39 is 66.7 Å². The fourth-order valence-corrected chi connectivity index (χ4v) is 4.52. The number of aromatic nitrogens is 3. The van der Waals surface area contributed by atoms with Crippen molar-refractivity contribution in [3.8, 4) is 0 Å². The number of ether oxygens (including phenoxy) is 5. The van der Waals surface area contributed by atoms with Gasteiger partial charge in [0.1, 0.15) is 12.7 Å². The molecule has 0 aliphatic carbocycles. The Morgan fingerprint density at radius 1 is 0.875 bits per heavy atom. The minimum Gasteiger partial charge on any atom is -0.463 e. The van der Waals surface area contributed by atoms with Crippen molar-refractivity contribution in [3.63, 3.8) is 0 Å². The van der Waals surface area contributed by atoms with Gasteiger partial charge in [0.25, 0.3) is 5.56 Å². The molecule has 1 aromatic heterocycles. The molecule has 0 amide bonds. The van der Waals surface area contributed by atoms with E-state index in [2.05, 4.69) is 10.2 Å². The lowest BCUT2D eigenvalue weighted by molar-refractivity contribution is -0.270. The van der Waals surface area contributed by atoms with E-state index in [-0.39, 0.29) is 10.9 Å². The van der Waals surface area contributed by atoms with E-state index in [1.807, 2.05) is 30.3 Å². The van der Waals surface area contributed by atoms with E-state index in [4.69, 9.17) is 23.7 Å². The minimum absolute atomic E-state index is 0.0606. The van der Waals surface area contributed by atoms with E-state index in [0.717, 1.165) is 42.7 Å². The maximum Gasteiger partial charge on any atom is 0.303 e. The monoisotopic (exact) mass is 575 g/mol. The molecule has 14 heteroatoms. The molecule has 0 spiro atoms. The average Bonchev–Trinajstić information content (AvgIpc) is 2.89. The average molecular weight is 576 g/mol. The third-order valence-electron chi connectivity index (χ3n) is 5.52. The fraction of sp³-hybridized carbons (Fsp3) is 0.423. The number of hydrogen-bond donors (Lipinski definition) is 0. The molecule has 1 fully saturated rings. The number of nitrogens with zero attached hydrogens (tertiary/aromatic N) is 3. The summed E-state index contributed by atoms with van der Waals surface area (Å²) in [7, 11) is 0. The first-order chi connectivity index (χ1) is 19.0. The summed E-state index contributed by atoms with van der Waals surface area (Å²) in [6.45, 7) is 4.08. The van der Waals surface area contributed by atoms with Crippen LogP contribution >= 0.6 is 11.8 Å². The van der Waals surface area contributed by atoms with Crippen LogP contribution in [0.25, 0.3) is 12.2 Å². The predicted molar refractivity (Wildman–Crippen MR) is 141 cm³/mol. The van der Waals surface area contributed by atoms with Crippen molar-refractivity contribution in [1.29, 1.82) is 0 Å². The highest BCUT2D eigenvalue weighted by molar-refractivity contribution is 7.98. The molecule has 2 aromatic rings. The van der Waals surface area contributed by atoms with Crippen LogP contribution in [-0.2, 0) is 42.9 Å². The summed E-state index contributed by atoms with van der Waals surface area (Å²) in [5, 5.41) is 8.25. The first-order valence-corrected chi connectivity index (χ1v) is 13.3. The molecule has 2 heterocycles. The lowest BCUT2D eigenvalue weighted by atomic mass is 9.97. The lowest BCUT2D eigenvalue weighted by Crippen LogP contribution is -2.61. The van der Waals surface area contributed by atoms with Crippen molar-refractivity contribution >= 4 is 47.8 Å². The number of thioether (sulfide) groups is 1. The van der Waals surface area contributed by atoms with Crippen molar-refractivity contribution in [1.82, 2.24) is 14.8 Å². The Kier molecular flexibility index (Phi) is 10.6. The SMILES string of the molecule is CSc1nnc(/C=C/c2ccccc2)c(=O)n1[C@@H]1O[C@H](COC(C)=O)[C@@H](OC(C)=O)[C@H](OC(C)=O)[C@H]1OC(C)=O. The molecule has 13 nitrogen and oxygen atoms in total. The number of rotatable bonds is 9. The smallest absolute Gasteiger partial charge is 0.303 e. The van der Waals surface area contributed by atoms with Crippen molar-refractivity contribution in [3.05, 3.63) is 51.9 Å². The van der Waals surface area contributed by atoms with Crippen molar-refractivity contribution in [2.75, 3.05) is 12.9 Å². The van der Waals surface area contributed by atoms with Crippen molar-refractivity contribution in [2.45, 2.75) is 63.5 Å². The first-order valence-electron chi connectivity index (χ1n) is 12.1. The second kappa shape index (κ2) is 13.8. The lowest BCUT2D eigenvalue weighted by Gasteiger charge is -2.44. The molecule has 0 N–H and O–H groups in total. The van der Waals surface area contributed by atoms with Crippen LogP contribution in [0.3, 0.4) is 0 Å². The normalized spacial score (nSPS) is 22.4. The summed E-state index contributed by atoms with van der Waals surface area (Å²) >= 11 is 1.06. The standard InChI is InChI=1S/C26H29N3O10S/c1-14(30)35-13-20-21(36-15(2)31)22(37-16(3)32)23(38-17(4)33)25(39-20)29-24(34)19(27-28-26(29)40-5)12-11-18-9-7-6-8-10-18/h6-12,20-23,25H,13H2,1-5H3/b12-11+/t20-,21-,22+,23-,25-/m1/s1. The second-order valence-electron chi connectivity index (χ2n) is 8.58. The van der Waals surface area contributed by atoms with Gasteiger partial charge in [0.05, 0.1) is 0 Å². The maximum absolute atomic E-state index is 13.8. The molecule has 40 heavy (non-hydrogen) atoms. The summed E-state index contributed by atoms with van der Waals surface area (Å²) in [6.07, 6.45) is -2.17. The Hall–Kier alpha value is -4.04. The number of hydrogen-bond acceptors (Lipinski definition) is 13. The van der Waals surface area contributed by atoms with Gasteiger partial charge in [-0.3, -0.25) is 28.5 Å². The summed E-state index contributed by atoms with van der Waals surface area (Å²) in [5.74, 6) is -3.00. The number of carbonyl (C=O) groups is 4. The van der Waals surface area contributed by atoms with Crippen LogP contribution in [0.1, 0.15) is 45.2 Å². The van der Waals surface area contributed by atoms with E-state index in [1.54, 1.807) is 12.3 Å². The van der Waals surface area contributed by atoms with Crippen LogP contribution in [-0.4, -0.2) is 75.9 Å². The van der Waals surface area contributed by atoms with Gasteiger partial charge in [0.15, 0.2) is 35.4 Å². The van der Waals surface area contributed by atoms with Crippen LogP contribution in [0, 0.1) is 0 Å². The van der Waals surface area contributed by atoms with Gasteiger partial charge < -0.3 is 23.7 Å². The highest BCUT2D eigenvalue weighted by Gasteiger charge is 2.53. The van der Waals surface area contributed by atoms with Gasteiger partial charge in [0, 0.05) is 27.7 Å². The zero-order valence-corrected chi connectivity index (χ0v) is 23.3. The highest BCUT2D eigenvalue weighted by Crippen LogP contribution is 2.35. The summed E-state index contributed by atoms with van der Waals surface area (Å²) in [4.78, 5) is 61.6. The zero-order valence-electron chi connectivity index (χ0n) is 22.5. The molecule has 1 saturated heterocycles. The van der Waals surface area contributed by atoms with E-state index in [0.29, 0.717) is 0 Å². The third-order valence-corrected chi connectivity index (χ3v) is 6.17. The Balaban J connectivity index is 2.19.